The molecule has 1 N–H and O–H groups in total. The number of hydrogen-bond acceptors (Lipinski definition) is 9. The number of fused-ring (bicyclic) bond motifs is 3. The Labute approximate surface area is 253 Å². The quantitative estimate of drug-likeness (QED) is 0.274. The number of carboxylic acid groups (broad SMARTS) is 1. The molecule has 2 saturated heterocycles. The van der Waals surface area contributed by atoms with Crippen molar-refractivity contribution in [3.05, 3.63) is 52.9 Å². The third kappa shape index (κ3) is 5.20. The fourth-order valence-corrected chi connectivity index (χ4v) is 6.23. The molecule has 0 saturated carbocycles. The monoisotopic (exact) mass is 633 g/mol. The SMILES string of the molecule is COC(=O)N1CC[C@](F)(c2cc(Cl)cnc2O[C@H]2C[C@@H](C(=O)O)N(c3nc(C(F)F)nc4c3oc3ccccc34)C2)C[C@@H]1C. The van der Waals surface area contributed by atoms with Crippen LogP contribution in [0.1, 0.15) is 44.0 Å². The van der Waals surface area contributed by atoms with Gasteiger partial charge in [0.05, 0.1) is 24.2 Å². The molecule has 11 nitrogen and oxygen atoms in total. The van der Waals surface area contributed by atoms with E-state index in [2.05, 4.69) is 15.0 Å². The lowest BCUT2D eigenvalue weighted by Gasteiger charge is -2.40. The van der Waals surface area contributed by atoms with Gasteiger partial charge in [-0.05, 0) is 25.1 Å². The van der Waals surface area contributed by atoms with Gasteiger partial charge < -0.3 is 28.8 Å². The highest BCUT2D eigenvalue weighted by Gasteiger charge is 2.46. The maximum Gasteiger partial charge on any atom is 0.409 e. The molecule has 44 heavy (non-hydrogen) atoms. The molecule has 6 rings (SSSR count). The van der Waals surface area contributed by atoms with Gasteiger partial charge in [0.1, 0.15) is 28.9 Å². The summed E-state index contributed by atoms with van der Waals surface area (Å²) in [5.41, 5.74) is -1.35. The number of furan rings is 1. The van der Waals surface area contributed by atoms with Crippen LogP contribution in [0.3, 0.4) is 0 Å². The molecule has 0 spiro atoms. The normalized spacial score (nSPS) is 23.9. The molecule has 1 amide bonds. The van der Waals surface area contributed by atoms with E-state index in [0.29, 0.717) is 11.0 Å². The van der Waals surface area contributed by atoms with Crippen LogP contribution >= 0.6 is 11.6 Å². The summed E-state index contributed by atoms with van der Waals surface area (Å²) in [6, 6.07) is 6.37. The number of rotatable bonds is 6. The average molecular weight is 634 g/mol. The van der Waals surface area contributed by atoms with Crippen LogP contribution in [0.2, 0.25) is 5.02 Å². The predicted octanol–water partition coefficient (Wildman–Crippen LogP) is 5.89. The maximum absolute atomic E-state index is 16.6. The summed E-state index contributed by atoms with van der Waals surface area (Å²) in [5.74, 6) is -2.22. The highest BCUT2D eigenvalue weighted by atomic mass is 35.5. The highest BCUT2D eigenvalue weighted by molar-refractivity contribution is 6.30. The topological polar surface area (TPSA) is 131 Å². The third-order valence-corrected chi connectivity index (χ3v) is 8.33. The van der Waals surface area contributed by atoms with Gasteiger partial charge in [-0.3, -0.25) is 0 Å². The molecule has 2 aliphatic heterocycles. The number of hydrogen-bond donors (Lipinski definition) is 1. The summed E-state index contributed by atoms with van der Waals surface area (Å²) in [6.07, 6.45) is -3.43. The van der Waals surface area contributed by atoms with Gasteiger partial charge in [0.15, 0.2) is 17.2 Å². The number of carbonyl (C=O) groups excluding carboxylic acids is 1. The molecule has 4 atom stereocenters. The summed E-state index contributed by atoms with van der Waals surface area (Å²) < 4.78 is 61.3. The van der Waals surface area contributed by atoms with E-state index in [1.165, 1.54) is 29.2 Å². The van der Waals surface area contributed by atoms with Crippen LogP contribution in [0.4, 0.5) is 23.8 Å². The Kier molecular flexibility index (Phi) is 7.64. The number of aromatic nitrogens is 3. The van der Waals surface area contributed by atoms with Crippen LogP contribution in [0, 0.1) is 0 Å². The lowest BCUT2D eigenvalue weighted by Crippen LogP contribution is -2.48. The van der Waals surface area contributed by atoms with Crippen LogP contribution in [0.15, 0.2) is 40.9 Å². The van der Waals surface area contributed by atoms with Gasteiger partial charge in [-0.15, -0.1) is 0 Å². The molecule has 0 bridgehead atoms. The van der Waals surface area contributed by atoms with Crippen molar-refractivity contribution < 1.29 is 41.8 Å². The van der Waals surface area contributed by atoms with E-state index in [1.54, 1.807) is 31.2 Å². The number of methoxy groups -OCH3 is 1. The van der Waals surface area contributed by atoms with E-state index in [9.17, 15) is 23.5 Å². The lowest BCUT2D eigenvalue weighted by atomic mass is 9.83. The largest absolute Gasteiger partial charge is 0.480 e. The molecule has 5 heterocycles. The van der Waals surface area contributed by atoms with Crippen LogP contribution in [-0.2, 0) is 15.2 Å². The molecule has 0 aliphatic carbocycles. The number of halogens is 4. The molecular weight excluding hydrogens is 607 g/mol. The number of piperidine rings is 1. The van der Waals surface area contributed by atoms with E-state index < -0.39 is 48.2 Å². The molecule has 0 radical (unpaired) electrons. The number of likely N-dealkylation sites (tertiary alicyclic amines) is 1. The standard InChI is InChI=1S/C29H27ClF3N5O6/c1-14-11-29(33,7-8-37(14)28(41)42-2)18-9-15(30)12-34-26(18)43-16-10-19(27(39)40)38(13-16)25-22-21(35-24(36-25)23(31)32)17-5-3-4-6-20(17)44-22/h3-6,9,12,14,16,19,23H,7-8,10-11,13H2,1-2H3,(H,39,40)/t14-,16-,19-,29+/m0/s1. The number of nitrogens with zero attached hydrogens (tertiary/aromatic N) is 5. The summed E-state index contributed by atoms with van der Waals surface area (Å²) >= 11 is 6.21. The van der Waals surface area contributed by atoms with Crippen molar-refractivity contribution >= 4 is 51.6 Å². The minimum absolute atomic E-state index is 0.0573. The fourth-order valence-electron chi connectivity index (χ4n) is 6.07. The van der Waals surface area contributed by atoms with Crippen LogP contribution in [-0.4, -0.2) is 75.4 Å². The van der Waals surface area contributed by atoms with Gasteiger partial charge in [-0.1, -0.05) is 23.7 Å². The summed E-state index contributed by atoms with van der Waals surface area (Å²) in [4.78, 5) is 39.5. The molecule has 1 aromatic carbocycles. The zero-order chi connectivity index (χ0) is 31.3. The number of anilines is 1. The molecule has 0 unspecified atom stereocenters. The van der Waals surface area contributed by atoms with Gasteiger partial charge in [0.2, 0.25) is 5.88 Å². The number of ether oxygens (including phenoxy) is 2. The van der Waals surface area contributed by atoms with Crippen molar-refractivity contribution in [3.63, 3.8) is 0 Å². The van der Waals surface area contributed by atoms with E-state index in [1.807, 2.05) is 0 Å². The Hall–Kier alpha value is -4.33. The van der Waals surface area contributed by atoms with E-state index in [-0.39, 0.29) is 65.7 Å². The molecule has 232 valence electrons. The summed E-state index contributed by atoms with van der Waals surface area (Å²) in [7, 11) is 1.25. The number of amides is 1. The van der Waals surface area contributed by atoms with Crippen molar-refractivity contribution in [2.45, 2.75) is 56.5 Å². The van der Waals surface area contributed by atoms with Gasteiger partial charge in [0.25, 0.3) is 6.43 Å². The Morgan fingerprint density at radius 3 is 2.73 bits per heavy atom. The average Bonchev–Trinajstić information content (AvgIpc) is 3.59. The minimum Gasteiger partial charge on any atom is -0.480 e. The number of carboxylic acids is 1. The third-order valence-electron chi connectivity index (χ3n) is 8.12. The number of alkyl halides is 3. The zero-order valence-corrected chi connectivity index (χ0v) is 24.3. The number of benzene rings is 1. The molecule has 15 heteroatoms. The van der Waals surface area contributed by atoms with Crippen molar-refractivity contribution in [2.75, 3.05) is 25.1 Å². The van der Waals surface area contributed by atoms with Gasteiger partial charge in [-0.2, -0.15) is 0 Å². The van der Waals surface area contributed by atoms with Gasteiger partial charge >= 0.3 is 12.1 Å². The molecule has 2 aliphatic rings. The fraction of sp³-hybridized carbons (Fsp3) is 0.414. The Balaban J connectivity index is 1.34. The first-order valence-corrected chi connectivity index (χ1v) is 14.2. The second-order valence-corrected chi connectivity index (χ2v) is 11.3. The second kappa shape index (κ2) is 11.3. The number of aliphatic carboxylic acids is 1. The number of para-hydroxylation sites is 1. The first-order valence-electron chi connectivity index (χ1n) is 13.8. The number of carbonyl (C=O) groups is 2. The Bertz CT molecular complexity index is 1760. The molecular formula is C29H27ClF3N5O6. The van der Waals surface area contributed by atoms with Gasteiger partial charge in [-0.25, -0.2) is 37.7 Å². The zero-order valence-electron chi connectivity index (χ0n) is 23.5. The molecule has 2 fully saturated rings. The van der Waals surface area contributed by atoms with Crippen LogP contribution in [0.25, 0.3) is 22.1 Å². The first-order chi connectivity index (χ1) is 21.0. The number of pyridine rings is 1. The highest BCUT2D eigenvalue weighted by Crippen LogP contribution is 2.45. The maximum atomic E-state index is 16.6. The first kappa shape index (κ1) is 29.7. The van der Waals surface area contributed by atoms with Crippen LogP contribution < -0.4 is 9.64 Å². The van der Waals surface area contributed by atoms with Crippen molar-refractivity contribution in [3.8, 4) is 5.88 Å². The van der Waals surface area contributed by atoms with Crippen LogP contribution in [0.5, 0.6) is 5.88 Å². The Morgan fingerprint density at radius 2 is 2.02 bits per heavy atom. The lowest BCUT2D eigenvalue weighted by molar-refractivity contribution is -0.138. The van der Waals surface area contributed by atoms with Crippen molar-refractivity contribution in [1.82, 2.24) is 19.9 Å². The summed E-state index contributed by atoms with van der Waals surface area (Å²) in [5, 5.41) is 10.8. The van der Waals surface area contributed by atoms with Crippen molar-refractivity contribution in [1.29, 1.82) is 0 Å². The minimum atomic E-state index is -3.03. The molecule has 3 aromatic heterocycles. The Morgan fingerprint density at radius 1 is 1.25 bits per heavy atom. The van der Waals surface area contributed by atoms with E-state index in [4.69, 9.17) is 25.5 Å². The second-order valence-electron chi connectivity index (χ2n) is 10.9. The van der Waals surface area contributed by atoms with E-state index >= 15 is 4.39 Å². The van der Waals surface area contributed by atoms with Gasteiger partial charge in [0, 0.05) is 43.4 Å². The van der Waals surface area contributed by atoms with E-state index in [0.717, 1.165) is 0 Å². The smallest absolute Gasteiger partial charge is 0.409 e. The molecule has 4 aromatic rings. The predicted molar refractivity (Wildman–Crippen MR) is 152 cm³/mol. The van der Waals surface area contributed by atoms with Crippen molar-refractivity contribution in [2.24, 2.45) is 0 Å². The summed E-state index contributed by atoms with van der Waals surface area (Å²) in [6.45, 7) is 1.66.